The molecule has 0 unspecified atom stereocenters. The molecule has 13 heavy (non-hydrogen) atoms. The summed E-state index contributed by atoms with van der Waals surface area (Å²) in [6.45, 7) is 0. The number of hydrogen-bond acceptors (Lipinski definition) is 1. The fourth-order valence-electron chi connectivity index (χ4n) is 1.23. The highest BCUT2D eigenvalue weighted by Gasteiger charge is 1.91. The first-order valence-electron chi connectivity index (χ1n) is 5.10. The number of unbranched alkanes of at least 4 members (excludes halogenated alkanes) is 7. The van der Waals surface area contributed by atoms with E-state index < -0.39 is 0 Å². The van der Waals surface area contributed by atoms with E-state index in [4.69, 9.17) is 5.26 Å². The second-order valence-corrected chi connectivity index (χ2v) is 3.16. The van der Waals surface area contributed by atoms with Crippen molar-refractivity contribution in [2.45, 2.75) is 51.4 Å². The predicted octanol–water partition coefficient (Wildman–Crippen LogP) is 3.59. The first-order valence-corrected chi connectivity index (χ1v) is 5.10. The van der Waals surface area contributed by atoms with Crippen LogP contribution >= 0.6 is 0 Å². The number of nitrogens with zero attached hydrogens (tertiary/aromatic N) is 2. The quantitative estimate of drug-likeness (QED) is 0.549. The van der Waals surface area contributed by atoms with Crippen LogP contribution in [0.3, 0.4) is 0 Å². The Morgan fingerprint density at radius 3 is 2.00 bits per heavy atom. The van der Waals surface area contributed by atoms with Crippen LogP contribution < -0.4 is 0 Å². The lowest BCUT2D eigenvalue weighted by Crippen LogP contribution is -1.79. The minimum Gasteiger partial charge on any atom is -0.198 e. The highest BCUT2D eigenvalue weighted by Crippen LogP contribution is 2.07. The van der Waals surface area contributed by atoms with E-state index in [0.29, 0.717) is 0 Å². The van der Waals surface area contributed by atoms with Crippen molar-refractivity contribution in [3.63, 3.8) is 0 Å². The van der Waals surface area contributed by atoms with E-state index in [-0.39, 0.29) is 0 Å². The zero-order valence-electron chi connectivity index (χ0n) is 8.55. The van der Waals surface area contributed by atoms with E-state index in [2.05, 4.69) is 17.0 Å². The fraction of sp³-hybridized carbons (Fsp3) is 0.818. The van der Waals surface area contributed by atoms with E-state index in [1.165, 1.54) is 32.1 Å². The van der Waals surface area contributed by atoms with E-state index in [9.17, 15) is 0 Å². The molecule has 0 saturated carbocycles. The van der Waals surface area contributed by atoms with Gasteiger partial charge in [-0.05, 0) is 12.8 Å². The van der Waals surface area contributed by atoms with Gasteiger partial charge in [0.15, 0.2) is 0 Å². The minimum atomic E-state index is 0.719. The third kappa shape index (κ3) is 11.0. The normalized spacial score (nSPS) is 8.62. The van der Waals surface area contributed by atoms with Gasteiger partial charge in [0.1, 0.15) is 0 Å². The van der Waals surface area contributed by atoms with Crippen molar-refractivity contribution in [2.24, 2.45) is 0 Å². The standard InChI is InChI=1S/C11H19N2/c1-13-11-9-7-5-3-2-4-6-8-10-12/h2-9H2,1H3/q+1. The number of hydrogen-bond donors (Lipinski definition) is 0. The van der Waals surface area contributed by atoms with Crippen LogP contribution in [0.4, 0.5) is 0 Å². The summed E-state index contributed by atoms with van der Waals surface area (Å²) in [5, 5.41) is 8.30. The first-order chi connectivity index (χ1) is 6.41. The molecule has 0 aromatic heterocycles. The summed E-state index contributed by atoms with van der Waals surface area (Å²) in [6.07, 6.45) is 9.02. The molecule has 0 fully saturated rings. The third-order valence-corrected chi connectivity index (χ3v) is 1.99. The molecule has 0 amide bonds. The van der Waals surface area contributed by atoms with Gasteiger partial charge in [-0.25, -0.2) is 0 Å². The Morgan fingerprint density at radius 2 is 1.46 bits per heavy atom. The van der Waals surface area contributed by atoms with Crippen molar-refractivity contribution < 1.29 is 0 Å². The molecule has 0 spiro atoms. The van der Waals surface area contributed by atoms with E-state index in [1.807, 2.05) is 0 Å². The van der Waals surface area contributed by atoms with Gasteiger partial charge in [-0.3, -0.25) is 0 Å². The lowest BCUT2D eigenvalue weighted by Gasteiger charge is -1.96. The van der Waals surface area contributed by atoms with Crippen molar-refractivity contribution in [1.82, 2.24) is 0 Å². The van der Waals surface area contributed by atoms with Gasteiger partial charge in [-0.15, -0.1) is 0 Å². The smallest absolute Gasteiger partial charge is 0.198 e. The molecule has 2 nitrogen and oxygen atoms in total. The summed E-state index contributed by atoms with van der Waals surface area (Å²) in [6, 6.07) is 5.11. The number of rotatable bonds is 7. The maximum Gasteiger partial charge on any atom is 0.272 e. The van der Waals surface area contributed by atoms with Crippen LogP contribution in [-0.4, -0.2) is 7.05 Å². The summed E-state index contributed by atoms with van der Waals surface area (Å²) in [5.41, 5.74) is 0. The molecular weight excluding hydrogens is 160 g/mol. The molecule has 0 N–H and O–H groups in total. The largest absolute Gasteiger partial charge is 0.272 e. The lowest BCUT2D eigenvalue weighted by molar-refractivity contribution is 0.603. The van der Waals surface area contributed by atoms with Gasteiger partial charge in [-0.1, -0.05) is 30.5 Å². The van der Waals surface area contributed by atoms with Gasteiger partial charge >= 0.3 is 0 Å². The Labute approximate surface area is 81.4 Å². The second-order valence-electron chi connectivity index (χ2n) is 3.16. The Morgan fingerprint density at radius 1 is 0.923 bits per heavy atom. The van der Waals surface area contributed by atoms with Gasteiger partial charge < -0.3 is 0 Å². The molecule has 0 aliphatic heterocycles. The van der Waals surface area contributed by atoms with Crippen LogP contribution in [0.5, 0.6) is 0 Å². The molecule has 2 heteroatoms. The van der Waals surface area contributed by atoms with Crippen LogP contribution in [0.25, 0.3) is 4.85 Å². The molecule has 0 rings (SSSR count). The SMILES string of the molecule is C[N+]#CCCCCCCCCC#N. The molecule has 0 atom stereocenters. The summed E-state index contributed by atoms with van der Waals surface area (Å²) in [7, 11) is 1.77. The Kier molecular flexibility index (Phi) is 10.1. The Balaban J connectivity index is 2.91. The van der Waals surface area contributed by atoms with Crippen LogP contribution in [-0.2, 0) is 0 Å². The average Bonchev–Trinajstić information content (AvgIpc) is 2.16. The lowest BCUT2D eigenvalue weighted by atomic mass is 10.1. The van der Waals surface area contributed by atoms with Crippen LogP contribution in [0.15, 0.2) is 0 Å². The summed E-state index contributed by atoms with van der Waals surface area (Å²) in [4.78, 5) is 3.81. The molecule has 0 heterocycles. The molecule has 0 aromatic rings. The highest BCUT2D eigenvalue weighted by atomic mass is 14.6. The number of nitriles is 1. The van der Waals surface area contributed by atoms with Crippen molar-refractivity contribution in [2.75, 3.05) is 7.05 Å². The second kappa shape index (κ2) is 11.0. The molecule has 0 bridgehead atoms. The fourth-order valence-corrected chi connectivity index (χ4v) is 1.23. The maximum atomic E-state index is 8.30. The minimum absolute atomic E-state index is 0.719. The van der Waals surface area contributed by atoms with Gasteiger partial charge in [-0.2, -0.15) is 5.26 Å². The van der Waals surface area contributed by atoms with Crippen LogP contribution in [0.1, 0.15) is 51.4 Å². The highest BCUT2D eigenvalue weighted by molar-refractivity contribution is 4.81. The van der Waals surface area contributed by atoms with Crippen molar-refractivity contribution in [3.8, 4) is 12.1 Å². The van der Waals surface area contributed by atoms with E-state index in [1.54, 1.807) is 7.05 Å². The van der Waals surface area contributed by atoms with Crippen LogP contribution in [0.2, 0.25) is 0 Å². The van der Waals surface area contributed by atoms with Crippen molar-refractivity contribution >= 4 is 0 Å². The average molecular weight is 179 g/mol. The monoisotopic (exact) mass is 179 g/mol. The molecular formula is C11H19N2+. The Bertz CT molecular complexity index is 192. The molecule has 0 aliphatic rings. The zero-order chi connectivity index (χ0) is 9.78. The van der Waals surface area contributed by atoms with Gasteiger partial charge in [0.25, 0.3) is 13.1 Å². The zero-order valence-corrected chi connectivity index (χ0v) is 8.55. The molecule has 0 saturated heterocycles. The maximum absolute atomic E-state index is 8.30. The molecule has 0 aromatic carbocycles. The predicted molar refractivity (Wildman–Crippen MR) is 55.7 cm³/mol. The Hall–Kier alpha value is -1.02. The topological polar surface area (TPSA) is 28.1 Å². The van der Waals surface area contributed by atoms with Crippen molar-refractivity contribution in [1.29, 1.82) is 5.26 Å². The third-order valence-electron chi connectivity index (χ3n) is 1.99. The molecule has 0 radical (unpaired) electrons. The van der Waals surface area contributed by atoms with Crippen molar-refractivity contribution in [3.05, 3.63) is 4.85 Å². The summed E-state index contributed by atoms with van der Waals surface area (Å²) >= 11 is 0. The van der Waals surface area contributed by atoms with E-state index >= 15 is 0 Å². The van der Waals surface area contributed by atoms with Gasteiger partial charge in [0.2, 0.25) is 0 Å². The van der Waals surface area contributed by atoms with E-state index in [0.717, 1.165) is 19.3 Å². The summed E-state index contributed by atoms with van der Waals surface area (Å²) in [5.74, 6) is 0. The molecule has 72 valence electrons. The van der Waals surface area contributed by atoms with Gasteiger partial charge in [0.05, 0.1) is 12.5 Å². The molecule has 0 aliphatic carbocycles. The first kappa shape index (κ1) is 12.0. The van der Waals surface area contributed by atoms with Crippen LogP contribution in [0, 0.1) is 17.4 Å². The van der Waals surface area contributed by atoms with Gasteiger partial charge in [0, 0.05) is 6.42 Å². The summed E-state index contributed by atoms with van der Waals surface area (Å²) < 4.78 is 0.